The number of aromatic nitrogens is 3. The Hall–Kier alpha value is -2.25. The largest absolute Gasteiger partial charge is 0.372 e. The van der Waals surface area contributed by atoms with Gasteiger partial charge >= 0.3 is 0 Å². The van der Waals surface area contributed by atoms with Gasteiger partial charge in [0.15, 0.2) is 5.65 Å². The van der Waals surface area contributed by atoms with Crippen molar-refractivity contribution in [1.82, 2.24) is 19.7 Å². The second-order valence-corrected chi connectivity index (χ2v) is 9.14. The first kappa shape index (κ1) is 19.1. The number of amides is 1. The molecule has 3 aromatic rings. The summed E-state index contributed by atoms with van der Waals surface area (Å²) in [6.07, 6.45) is 1.83. The summed E-state index contributed by atoms with van der Waals surface area (Å²) in [4.78, 5) is 22.5. The van der Waals surface area contributed by atoms with E-state index in [-0.39, 0.29) is 24.2 Å². The van der Waals surface area contributed by atoms with Crippen molar-refractivity contribution in [3.05, 3.63) is 34.8 Å². The fraction of sp³-hybridized carbons (Fsp3) is 0.476. The average Bonchev–Trinajstić information content (AvgIpc) is 3.25. The van der Waals surface area contributed by atoms with Gasteiger partial charge < -0.3 is 9.64 Å². The van der Waals surface area contributed by atoms with Crippen LogP contribution in [-0.4, -0.2) is 50.9 Å². The van der Waals surface area contributed by atoms with Gasteiger partial charge in [0.25, 0.3) is 5.91 Å². The molecule has 1 aliphatic heterocycles. The lowest BCUT2D eigenvalue weighted by molar-refractivity contribution is -0.0585. The quantitative estimate of drug-likeness (QED) is 0.660. The monoisotopic (exact) mass is 398 g/mol. The summed E-state index contributed by atoms with van der Waals surface area (Å²) in [6, 6.07) is 6.24. The molecular formula is C21H26N4O2S. The molecule has 0 spiro atoms. The first-order valence-electron chi connectivity index (χ1n) is 9.73. The molecule has 1 fully saturated rings. The molecule has 0 saturated carbocycles. The molecule has 1 aliphatic rings. The molecule has 3 aromatic heterocycles. The van der Waals surface area contributed by atoms with Crippen molar-refractivity contribution in [2.24, 2.45) is 0 Å². The van der Waals surface area contributed by atoms with E-state index in [4.69, 9.17) is 9.72 Å². The molecule has 2 atom stereocenters. The molecule has 1 amide bonds. The van der Waals surface area contributed by atoms with E-state index in [1.165, 1.54) is 4.88 Å². The second-order valence-electron chi connectivity index (χ2n) is 7.85. The van der Waals surface area contributed by atoms with Gasteiger partial charge in [0, 0.05) is 24.0 Å². The van der Waals surface area contributed by atoms with Crippen molar-refractivity contribution in [3.63, 3.8) is 0 Å². The van der Waals surface area contributed by atoms with Crippen molar-refractivity contribution >= 4 is 28.3 Å². The predicted molar refractivity (Wildman–Crippen MR) is 112 cm³/mol. The number of morpholine rings is 1. The number of fused-ring (bicyclic) bond motifs is 1. The minimum Gasteiger partial charge on any atom is -0.372 e. The van der Waals surface area contributed by atoms with Gasteiger partial charge in [-0.2, -0.15) is 5.10 Å². The summed E-state index contributed by atoms with van der Waals surface area (Å²) >= 11 is 1.69. The van der Waals surface area contributed by atoms with Gasteiger partial charge in [-0.15, -0.1) is 11.3 Å². The molecule has 0 radical (unpaired) electrons. The number of aryl methyl sites for hydroxylation is 1. The maximum absolute atomic E-state index is 13.5. The predicted octanol–water partition coefficient (Wildman–Crippen LogP) is 4.30. The number of ether oxygens (including phenoxy) is 1. The van der Waals surface area contributed by atoms with Crippen molar-refractivity contribution in [2.45, 2.75) is 52.9 Å². The molecule has 2 unspecified atom stereocenters. The number of carbonyl (C=O) groups excluding carboxylic acids is 1. The molecule has 1 saturated heterocycles. The van der Waals surface area contributed by atoms with E-state index < -0.39 is 0 Å². The van der Waals surface area contributed by atoms with E-state index in [0.717, 1.165) is 21.6 Å². The minimum absolute atomic E-state index is 0.0206. The molecular weight excluding hydrogens is 372 g/mol. The highest BCUT2D eigenvalue weighted by Gasteiger charge is 2.29. The SMILES string of the molecule is Cc1ccc(-c2cc(C(=O)N3CC(C)OC(C)C3)c3cnn(C(C)C)c3n2)s1. The molecule has 148 valence electrons. The lowest BCUT2D eigenvalue weighted by Gasteiger charge is -2.35. The Kier molecular flexibility index (Phi) is 4.97. The Balaban J connectivity index is 1.85. The zero-order chi connectivity index (χ0) is 20.0. The summed E-state index contributed by atoms with van der Waals surface area (Å²) in [5.41, 5.74) is 2.25. The Morgan fingerprint density at radius 3 is 2.57 bits per heavy atom. The van der Waals surface area contributed by atoms with E-state index in [1.807, 2.05) is 29.5 Å². The normalized spacial score (nSPS) is 20.3. The van der Waals surface area contributed by atoms with Crippen molar-refractivity contribution < 1.29 is 9.53 Å². The summed E-state index contributed by atoms with van der Waals surface area (Å²) < 4.78 is 7.69. The van der Waals surface area contributed by atoms with Gasteiger partial charge in [0.1, 0.15) is 0 Å². The molecule has 0 N–H and O–H groups in total. The van der Waals surface area contributed by atoms with Crippen molar-refractivity contribution in [3.8, 4) is 10.6 Å². The number of nitrogens with zero attached hydrogens (tertiary/aromatic N) is 4. The summed E-state index contributed by atoms with van der Waals surface area (Å²) in [5, 5.41) is 5.32. The molecule has 0 aliphatic carbocycles. The summed E-state index contributed by atoms with van der Waals surface area (Å²) in [7, 11) is 0. The number of carbonyl (C=O) groups is 1. The molecule has 0 aromatic carbocycles. The van der Waals surface area contributed by atoms with Gasteiger partial charge in [-0.05, 0) is 52.8 Å². The summed E-state index contributed by atoms with van der Waals surface area (Å²) in [5.74, 6) is 0.0206. The maximum Gasteiger partial charge on any atom is 0.254 e. The lowest BCUT2D eigenvalue weighted by atomic mass is 10.1. The average molecular weight is 399 g/mol. The highest BCUT2D eigenvalue weighted by atomic mass is 32.1. The summed E-state index contributed by atoms with van der Waals surface area (Å²) in [6.45, 7) is 11.4. The number of pyridine rings is 1. The highest BCUT2D eigenvalue weighted by Crippen LogP contribution is 2.31. The maximum atomic E-state index is 13.5. The minimum atomic E-state index is 0.0206. The Morgan fingerprint density at radius 2 is 1.96 bits per heavy atom. The van der Waals surface area contributed by atoms with E-state index in [1.54, 1.807) is 17.5 Å². The van der Waals surface area contributed by atoms with Crippen LogP contribution in [0, 0.1) is 6.92 Å². The van der Waals surface area contributed by atoms with Gasteiger partial charge in [-0.1, -0.05) is 0 Å². The van der Waals surface area contributed by atoms with Crippen LogP contribution in [0.25, 0.3) is 21.6 Å². The third-order valence-corrected chi connectivity index (χ3v) is 6.01. The highest BCUT2D eigenvalue weighted by molar-refractivity contribution is 7.15. The molecule has 28 heavy (non-hydrogen) atoms. The Bertz CT molecular complexity index is 1010. The van der Waals surface area contributed by atoms with Crippen LogP contribution in [0.15, 0.2) is 24.4 Å². The van der Waals surface area contributed by atoms with Gasteiger partial charge in [0.2, 0.25) is 0 Å². The van der Waals surface area contributed by atoms with Crippen LogP contribution in [-0.2, 0) is 4.74 Å². The molecule has 0 bridgehead atoms. The van der Waals surface area contributed by atoms with Crippen LogP contribution in [0.4, 0.5) is 0 Å². The topological polar surface area (TPSA) is 60.3 Å². The molecule has 7 heteroatoms. The van der Waals surface area contributed by atoms with Crippen molar-refractivity contribution in [2.75, 3.05) is 13.1 Å². The van der Waals surface area contributed by atoms with Crippen molar-refractivity contribution in [1.29, 1.82) is 0 Å². The Labute approximate surface area is 169 Å². The van der Waals surface area contributed by atoms with Crippen LogP contribution >= 0.6 is 11.3 Å². The number of rotatable bonds is 3. The fourth-order valence-corrected chi connectivity index (χ4v) is 4.61. The fourth-order valence-electron chi connectivity index (χ4n) is 3.79. The van der Waals surface area contributed by atoms with E-state index in [2.05, 4.69) is 38.0 Å². The van der Waals surface area contributed by atoms with Gasteiger partial charge in [-0.3, -0.25) is 4.79 Å². The Morgan fingerprint density at radius 1 is 1.25 bits per heavy atom. The molecule has 4 heterocycles. The van der Waals surface area contributed by atoms with Crippen LogP contribution in [0.2, 0.25) is 0 Å². The zero-order valence-corrected chi connectivity index (χ0v) is 17.8. The van der Waals surface area contributed by atoms with E-state index >= 15 is 0 Å². The smallest absolute Gasteiger partial charge is 0.254 e. The standard InChI is InChI=1S/C21H26N4O2S/c1-12(2)25-20-17(9-22-25)16(8-18(23-20)19-7-6-15(5)28-19)21(26)24-10-13(3)27-14(4)11-24/h6-9,12-14H,10-11H2,1-5H3. The second kappa shape index (κ2) is 7.29. The number of thiophene rings is 1. The lowest BCUT2D eigenvalue weighted by Crippen LogP contribution is -2.48. The molecule has 4 rings (SSSR count). The van der Waals surface area contributed by atoms with Crippen LogP contribution in [0.1, 0.15) is 49.0 Å². The first-order valence-corrected chi connectivity index (χ1v) is 10.5. The van der Waals surface area contributed by atoms with E-state index in [9.17, 15) is 4.79 Å². The third kappa shape index (κ3) is 3.44. The van der Waals surface area contributed by atoms with Gasteiger partial charge in [-0.25, -0.2) is 9.67 Å². The zero-order valence-electron chi connectivity index (χ0n) is 17.0. The number of hydrogen-bond donors (Lipinski definition) is 0. The van der Waals surface area contributed by atoms with Crippen LogP contribution in [0.3, 0.4) is 0 Å². The first-order chi connectivity index (χ1) is 13.3. The molecule has 6 nitrogen and oxygen atoms in total. The van der Waals surface area contributed by atoms with E-state index in [0.29, 0.717) is 18.7 Å². The van der Waals surface area contributed by atoms with Crippen LogP contribution in [0.5, 0.6) is 0 Å². The van der Waals surface area contributed by atoms with Gasteiger partial charge in [0.05, 0.1) is 39.9 Å². The van der Waals surface area contributed by atoms with Crippen LogP contribution < -0.4 is 0 Å². The third-order valence-electron chi connectivity index (χ3n) is 4.99. The number of hydrogen-bond acceptors (Lipinski definition) is 5.